The molecule has 5 heteroatoms. The van der Waals surface area contributed by atoms with Crippen molar-refractivity contribution in [2.24, 2.45) is 10.8 Å². The van der Waals surface area contributed by atoms with Crippen LogP contribution in [0.15, 0.2) is 57.5 Å². The highest BCUT2D eigenvalue weighted by Crippen LogP contribution is 2.37. The summed E-state index contributed by atoms with van der Waals surface area (Å²) < 4.78 is 20.5. The van der Waals surface area contributed by atoms with Crippen molar-refractivity contribution in [3.8, 4) is 0 Å². The quantitative estimate of drug-likeness (QED) is 0.208. The molecule has 0 saturated carbocycles. The first kappa shape index (κ1) is 28.5. The Labute approximate surface area is 217 Å². The molecule has 3 nitrogen and oxygen atoms in total. The van der Waals surface area contributed by atoms with E-state index in [-0.39, 0.29) is 23.4 Å². The highest BCUT2D eigenvalue weighted by atomic mass is 79.9. The van der Waals surface area contributed by atoms with E-state index in [2.05, 4.69) is 108 Å². The van der Waals surface area contributed by atoms with Gasteiger partial charge in [0.05, 0.1) is 0 Å². The molecule has 0 bridgehead atoms. The van der Waals surface area contributed by atoms with Gasteiger partial charge in [0.2, 0.25) is 0 Å². The van der Waals surface area contributed by atoms with Gasteiger partial charge in [-0.1, -0.05) is 96.0 Å². The highest BCUT2D eigenvalue weighted by Gasteiger charge is 2.38. The number of ether oxygens (including phenoxy) is 3. The Bertz CT molecular complexity index is 781. The minimum atomic E-state index is -0.343. The third kappa shape index (κ3) is 8.78. The van der Waals surface area contributed by atoms with Crippen LogP contribution >= 0.6 is 31.9 Å². The Morgan fingerprint density at radius 3 is 1.36 bits per heavy atom. The molecule has 0 fully saturated rings. The molecule has 0 spiro atoms. The highest BCUT2D eigenvalue weighted by molar-refractivity contribution is 9.10. The molecule has 0 radical (unpaired) electrons. The number of rotatable bonds is 14. The third-order valence-corrected chi connectivity index (χ3v) is 7.95. The maximum atomic E-state index is 6.47. The second-order valence-electron chi connectivity index (χ2n) is 10.1. The van der Waals surface area contributed by atoms with E-state index in [9.17, 15) is 0 Å². The minimum Gasteiger partial charge on any atom is -0.355 e. The van der Waals surface area contributed by atoms with E-state index in [0.29, 0.717) is 0 Å². The van der Waals surface area contributed by atoms with E-state index in [4.69, 9.17) is 14.2 Å². The van der Waals surface area contributed by atoms with Gasteiger partial charge in [-0.05, 0) is 61.8 Å². The van der Waals surface area contributed by atoms with E-state index in [1.807, 2.05) is 0 Å². The lowest BCUT2D eigenvalue weighted by Gasteiger charge is -2.40. The Hall–Kier alpha value is -0.720. The summed E-state index contributed by atoms with van der Waals surface area (Å²) >= 11 is 7.31. The average Bonchev–Trinajstić information content (AvgIpc) is 2.76. The molecule has 2 aromatic carbocycles. The lowest BCUT2D eigenvalue weighted by molar-refractivity contribution is -0.294. The number of hydrogen-bond donors (Lipinski definition) is 0. The van der Waals surface area contributed by atoms with Crippen LogP contribution in [-0.4, -0.2) is 26.8 Å². The van der Waals surface area contributed by atoms with Gasteiger partial charge in [0.15, 0.2) is 12.6 Å². The van der Waals surface area contributed by atoms with Gasteiger partial charge in [-0.25, -0.2) is 0 Å². The van der Waals surface area contributed by atoms with Crippen LogP contribution in [0.2, 0.25) is 0 Å². The van der Waals surface area contributed by atoms with Crippen LogP contribution in [0.3, 0.4) is 0 Å². The standard InChI is InChI=1S/C28H40Br2O3/c1-27(2,19-11-15-21-13-7-9-17-23(21)29)25(31-5)33-26(32-6)28(3,4)20-12-16-22-14-8-10-18-24(22)30/h7-10,13-14,17-18,25-26H,11-12,15-16,19-20H2,1-6H3. The van der Waals surface area contributed by atoms with E-state index in [1.165, 1.54) is 20.1 Å². The molecular formula is C28H40Br2O3. The summed E-state index contributed by atoms with van der Waals surface area (Å²) in [6.45, 7) is 8.86. The van der Waals surface area contributed by atoms with Crippen LogP contribution in [0.4, 0.5) is 0 Å². The fraction of sp³-hybridized carbons (Fsp3) is 0.571. The zero-order valence-electron chi connectivity index (χ0n) is 21.0. The Balaban J connectivity index is 1.93. The van der Waals surface area contributed by atoms with Crippen molar-refractivity contribution in [1.82, 2.24) is 0 Å². The molecule has 2 unspecified atom stereocenters. The maximum Gasteiger partial charge on any atom is 0.165 e. The van der Waals surface area contributed by atoms with Crippen LogP contribution < -0.4 is 0 Å². The summed E-state index contributed by atoms with van der Waals surface area (Å²) in [7, 11) is 3.46. The zero-order valence-corrected chi connectivity index (χ0v) is 24.2. The van der Waals surface area contributed by atoms with Crippen molar-refractivity contribution in [2.45, 2.75) is 78.8 Å². The predicted octanol–water partition coefficient (Wildman–Crippen LogP) is 8.57. The van der Waals surface area contributed by atoms with E-state index < -0.39 is 0 Å². The van der Waals surface area contributed by atoms with Crippen LogP contribution in [0.25, 0.3) is 0 Å². The number of aryl methyl sites for hydroxylation is 2. The summed E-state index contributed by atoms with van der Waals surface area (Å²) in [6, 6.07) is 16.8. The maximum absolute atomic E-state index is 6.47. The molecule has 0 amide bonds. The molecule has 2 atom stereocenters. The molecule has 0 N–H and O–H groups in total. The summed E-state index contributed by atoms with van der Waals surface area (Å²) in [4.78, 5) is 0. The molecule has 2 rings (SSSR count). The van der Waals surface area contributed by atoms with Crippen LogP contribution in [0.5, 0.6) is 0 Å². The van der Waals surface area contributed by atoms with Crippen molar-refractivity contribution in [3.05, 3.63) is 68.6 Å². The molecular weight excluding hydrogens is 544 g/mol. The molecule has 0 saturated heterocycles. The first-order valence-corrected chi connectivity index (χ1v) is 13.4. The normalized spacial score (nSPS) is 14.3. The molecule has 0 aliphatic rings. The lowest BCUT2D eigenvalue weighted by Crippen LogP contribution is -2.43. The van der Waals surface area contributed by atoms with Gasteiger partial charge in [-0.3, -0.25) is 0 Å². The average molecular weight is 584 g/mol. The van der Waals surface area contributed by atoms with Crippen LogP contribution in [-0.2, 0) is 27.1 Å². The molecule has 0 aliphatic carbocycles. The number of halogens is 2. The molecule has 0 aliphatic heterocycles. The number of benzene rings is 2. The molecule has 0 aromatic heterocycles. The van der Waals surface area contributed by atoms with Gasteiger partial charge in [0, 0.05) is 34.0 Å². The van der Waals surface area contributed by atoms with Crippen molar-refractivity contribution in [3.63, 3.8) is 0 Å². The molecule has 33 heavy (non-hydrogen) atoms. The topological polar surface area (TPSA) is 27.7 Å². The van der Waals surface area contributed by atoms with Gasteiger partial charge in [0.25, 0.3) is 0 Å². The van der Waals surface area contributed by atoms with Gasteiger partial charge >= 0.3 is 0 Å². The molecule has 0 heterocycles. The minimum absolute atomic E-state index is 0.141. The van der Waals surface area contributed by atoms with Crippen molar-refractivity contribution < 1.29 is 14.2 Å². The van der Waals surface area contributed by atoms with E-state index in [0.717, 1.165) is 38.5 Å². The summed E-state index contributed by atoms with van der Waals surface area (Å²) in [5.41, 5.74) is 2.39. The Morgan fingerprint density at radius 2 is 1.03 bits per heavy atom. The van der Waals surface area contributed by atoms with Gasteiger partial charge < -0.3 is 14.2 Å². The number of methoxy groups -OCH3 is 2. The van der Waals surface area contributed by atoms with Crippen molar-refractivity contribution >= 4 is 31.9 Å². The van der Waals surface area contributed by atoms with Gasteiger partial charge in [0.1, 0.15) is 0 Å². The van der Waals surface area contributed by atoms with Crippen LogP contribution in [0.1, 0.15) is 64.5 Å². The Morgan fingerprint density at radius 1 is 0.667 bits per heavy atom. The number of hydrogen-bond acceptors (Lipinski definition) is 3. The monoisotopic (exact) mass is 582 g/mol. The molecule has 184 valence electrons. The largest absolute Gasteiger partial charge is 0.355 e. The second-order valence-corrected chi connectivity index (χ2v) is 11.8. The lowest BCUT2D eigenvalue weighted by atomic mass is 9.84. The second kappa shape index (κ2) is 13.4. The van der Waals surface area contributed by atoms with Crippen molar-refractivity contribution in [2.75, 3.05) is 14.2 Å². The van der Waals surface area contributed by atoms with E-state index in [1.54, 1.807) is 14.2 Å². The first-order valence-electron chi connectivity index (χ1n) is 11.8. The summed E-state index contributed by atoms with van der Waals surface area (Å²) in [6.07, 6.45) is 5.47. The van der Waals surface area contributed by atoms with Crippen LogP contribution in [0, 0.1) is 10.8 Å². The predicted molar refractivity (Wildman–Crippen MR) is 144 cm³/mol. The molecule has 2 aromatic rings. The van der Waals surface area contributed by atoms with E-state index >= 15 is 0 Å². The van der Waals surface area contributed by atoms with Gasteiger partial charge in [-0.15, -0.1) is 0 Å². The fourth-order valence-corrected chi connectivity index (χ4v) is 5.30. The third-order valence-electron chi connectivity index (χ3n) is 6.40. The SMILES string of the molecule is COC(OC(OC)C(C)(C)CCCc1ccccc1Br)C(C)(C)CCCc1ccccc1Br. The zero-order chi connectivity index (χ0) is 24.5. The van der Waals surface area contributed by atoms with Crippen molar-refractivity contribution in [1.29, 1.82) is 0 Å². The fourth-order valence-electron chi connectivity index (χ4n) is 4.34. The van der Waals surface area contributed by atoms with Gasteiger partial charge in [-0.2, -0.15) is 0 Å². The first-order chi connectivity index (χ1) is 15.6. The summed E-state index contributed by atoms with van der Waals surface area (Å²) in [5, 5.41) is 0. The summed E-state index contributed by atoms with van der Waals surface area (Å²) in [5.74, 6) is 0. The Kier molecular flexibility index (Phi) is 11.6. The smallest absolute Gasteiger partial charge is 0.165 e.